The van der Waals surface area contributed by atoms with Crippen molar-refractivity contribution in [3.63, 3.8) is 0 Å². The SMILES string of the molecule is CC(O)[C@H](NC(=O)CCCCCCCCCCCCCCC(=O)N[C@@H](CC(N)=O)C(=O)N[C@@H](Cc1ccccc1)C(=O)O)C(=O)N[C@@H](Cc1ccccc1)C(=O)N[C@@H](Cc1ccccc1)C(N)=O. The number of carbonyl (C=O) groups excluding carboxylic acids is 7. The number of carbonyl (C=O) groups is 8. The average molecular weight is 942 g/mol. The Morgan fingerprint density at radius 2 is 0.809 bits per heavy atom. The number of hydrogen-bond donors (Lipinski definition) is 9. The van der Waals surface area contributed by atoms with Crippen LogP contribution in [0.4, 0.5) is 0 Å². The Kier molecular flexibility index (Phi) is 25.7. The zero-order chi connectivity index (χ0) is 49.7. The fourth-order valence-electron chi connectivity index (χ4n) is 7.65. The smallest absolute Gasteiger partial charge is 0.326 e. The molecular formula is C51H71N7O10. The zero-order valence-corrected chi connectivity index (χ0v) is 39.2. The molecule has 17 heteroatoms. The molecule has 0 saturated heterocycles. The molecule has 3 aromatic rings. The quantitative estimate of drug-likeness (QED) is 0.0393. The van der Waals surface area contributed by atoms with Crippen molar-refractivity contribution < 1.29 is 48.6 Å². The number of carboxylic acid groups (broad SMARTS) is 1. The van der Waals surface area contributed by atoms with Gasteiger partial charge in [-0.2, -0.15) is 0 Å². The number of aliphatic carboxylic acids is 1. The number of primary amides is 2. The Balaban J connectivity index is 1.29. The van der Waals surface area contributed by atoms with Gasteiger partial charge in [0.1, 0.15) is 30.2 Å². The number of carboxylic acids is 1. The van der Waals surface area contributed by atoms with E-state index in [9.17, 15) is 48.6 Å². The summed E-state index contributed by atoms with van der Waals surface area (Å²) in [5, 5.41) is 33.1. The summed E-state index contributed by atoms with van der Waals surface area (Å²) in [6.45, 7) is 1.38. The lowest BCUT2D eigenvalue weighted by atomic mass is 10.0. The van der Waals surface area contributed by atoms with Crippen LogP contribution in [0.5, 0.6) is 0 Å². The predicted molar refractivity (Wildman–Crippen MR) is 257 cm³/mol. The lowest BCUT2D eigenvalue weighted by molar-refractivity contribution is -0.142. The van der Waals surface area contributed by atoms with Crippen LogP contribution < -0.4 is 38.1 Å². The first kappa shape index (κ1) is 55.7. The standard InChI is InChI=1S/C51H71N7O10/c1-35(59)46(50(66)56-40(32-37-25-17-13-18-26-37)48(64)55-39(47(53)63)31-36-23-15-12-16-24-36)58-45(62)30-22-11-9-7-5-3-2-4-6-8-10-21-29-44(61)54-41(34-43(52)60)49(65)57-42(51(67)68)33-38-27-19-14-20-28-38/h12-20,23-28,35,39-42,46,59H,2-11,21-22,29-34H2,1H3,(H2,52,60)(H2,53,63)(H,54,61)(H,55,64)(H,56,66)(H,57,65)(H,58,62)(H,67,68)/t35?,39-,40-,41-,42-,46-/m0/s1. The van der Waals surface area contributed by atoms with E-state index in [0.29, 0.717) is 18.4 Å². The summed E-state index contributed by atoms with van der Waals surface area (Å²) in [4.78, 5) is 101. The molecule has 0 saturated carbocycles. The molecule has 17 nitrogen and oxygen atoms in total. The second kappa shape index (κ2) is 31.4. The zero-order valence-electron chi connectivity index (χ0n) is 39.2. The lowest BCUT2D eigenvalue weighted by Gasteiger charge is -2.26. The van der Waals surface area contributed by atoms with Crippen molar-refractivity contribution in [2.24, 2.45) is 11.5 Å². The van der Waals surface area contributed by atoms with E-state index < -0.39 is 90.1 Å². The first-order valence-corrected chi connectivity index (χ1v) is 23.7. The number of aliphatic hydroxyl groups excluding tert-OH is 1. The van der Waals surface area contributed by atoms with Crippen LogP contribution in [-0.4, -0.2) is 93.8 Å². The lowest BCUT2D eigenvalue weighted by Crippen LogP contribution is -2.59. The van der Waals surface area contributed by atoms with Crippen molar-refractivity contribution >= 4 is 47.3 Å². The summed E-state index contributed by atoms with van der Waals surface area (Å²) in [6, 6.07) is 20.8. The summed E-state index contributed by atoms with van der Waals surface area (Å²) in [5.41, 5.74) is 13.2. The Bertz CT molecular complexity index is 2040. The molecule has 0 aliphatic carbocycles. The van der Waals surface area contributed by atoms with Gasteiger partial charge in [0.2, 0.25) is 41.4 Å². The molecule has 0 spiro atoms. The number of unbranched alkanes of at least 4 members (excludes halogenated alkanes) is 11. The van der Waals surface area contributed by atoms with E-state index in [1.807, 2.05) is 36.4 Å². The van der Waals surface area contributed by atoms with Gasteiger partial charge in [0, 0.05) is 32.1 Å². The van der Waals surface area contributed by atoms with Gasteiger partial charge in [0.15, 0.2) is 0 Å². The van der Waals surface area contributed by atoms with Crippen LogP contribution in [0.15, 0.2) is 91.0 Å². The first-order valence-electron chi connectivity index (χ1n) is 23.7. The highest BCUT2D eigenvalue weighted by atomic mass is 16.4. The first-order chi connectivity index (χ1) is 32.6. The summed E-state index contributed by atoms with van der Waals surface area (Å²) in [5.74, 6) is -5.76. The van der Waals surface area contributed by atoms with E-state index in [2.05, 4.69) is 26.6 Å². The van der Waals surface area contributed by atoms with Gasteiger partial charge in [0.05, 0.1) is 12.5 Å². The number of nitrogens with two attached hydrogens (primary N) is 2. The monoisotopic (exact) mass is 942 g/mol. The van der Waals surface area contributed by atoms with Gasteiger partial charge < -0.3 is 48.3 Å². The van der Waals surface area contributed by atoms with Gasteiger partial charge in [-0.1, -0.05) is 155 Å². The van der Waals surface area contributed by atoms with Crippen molar-refractivity contribution in [1.82, 2.24) is 26.6 Å². The van der Waals surface area contributed by atoms with Crippen molar-refractivity contribution in [1.29, 1.82) is 0 Å². The van der Waals surface area contributed by atoms with E-state index in [1.165, 1.54) is 6.92 Å². The third-order valence-corrected chi connectivity index (χ3v) is 11.5. The van der Waals surface area contributed by atoms with E-state index >= 15 is 0 Å². The summed E-state index contributed by atoms with van der Waals surface area (Å²) >= 11 is 0. The molecule has 0 aromatic heterocycles. The van der Waals surface area contributed by atoms with Crippen LogP contribution in [0.25, 0.3) is 0 Å². The topological polar surface area (TPSA) is 289 Å². The number of nitrogens with one attached hydrogen (secondary N) is 5. The minimum atomic E-state index is -1.32. The molecule has 0 aliphatic heterocycles. The van der Waals surface area contributed by atoms with Gasteiger partial charge in [-0.05, 0) is 36.5 Å². The molecule has 68 heavy (non-hydrogen) atoms. The van der Waals surface area contributed by atoms with Crippen LogP contribution in [0.2, 0.25) is 0 Å². The van der Waals surface area contributed by atoms with Crippen molar-refractivity contribution in [3.8, 4) is 0 Å². The van der Waals surface area contributed by atoms with Crippen LogP contribution >= 0.6 is 0 Å². The molecule has 0 heterocycles. The van der Waals surface area contributed by atoms with Crippen molar-refractivity contribution in [2.45, 2.75) is 159 Å². The predicted octanol–water partition coefficient (Wildman–Crippen LogP) is 3.43. The van der Waals surface area contributed by atoms with Crippen molar-refractivity contribution in [2.75, 3.05) is 0 Å². The highest BCUT2D eigenvalue weighted by molar-refractivity contribution is 5.95. The largest absolute Gasteiger partial charge is 0.480 e. The maximum absolute atomic E-state index is 13.6. The summed E-state index contributed by atoms with van der Waals surface area (Å²) in [7, 11) is 0. The molecule has 3 rings (SSSR count). The van der Waals surface area contributed by atoms with E-state index in [0.717, 1.165) is 75.3 Å². The number of amides is 7. The maximum atomic E-state index is 13.6. The van der Waals surface area contributed by atoms with Gasteiger partial charge in [-0.25, -0.2) is 4.79 Å². The summed E-state index contributed by atoms with van der Waals surface area (Å²) < 4.78 is 0. The molecule has 0 aliphatic rings. The molecule has 3 aromatic carbocycles. The molecule has 11 N–H and O–H groups in total. The summed E-state index contributed by atoms with van der Waals surface area (Å²) in [6.07, 6.45) is 9.88. The number of benzene rings is 3. The average Bonchev–Trinajstić information content (AvgIpc) is 3.30. The van der Waals surface area contributed by atoms with Crippen LogP contribution in [0.1, 0.15) is 120 Å². The van der Waals surface area contributed by atoms with Gasteiger partial charge in [0.25, 0.3) is 0 Å². The molecule has 0 bridgehead atoms. The highest BCUT2D eigenvalue weighted by Gasteiger charge is 2.32. The number of rotatable bonds is 34. The molecule has 370 valence electrons. The molecular weight excluding hydrogens is 871 g/mol. The Hall–Kier alpha value is -6.62. The molecule has 6 atom stereocenters. The molecule has 0 fully saturated rings. The van der Waals surface area contributed by atoms with E-state index in [1.54, 1.807) is 54.6 Å². The van der Waals surface area contributed by atoms with Crippen molar-refractivity contribution in [3.05, 3.63) is 108 Å². The normalized spacial score (nSPS) is 13.6. The van der Waals surface area contributed by atoms with Gasteiger partial charge in [-0.3, -0.25) is 33.6 Å². The van der Waals surface area contributed by atoms with E-state index in [4.69, 9.17) is 11.5 Å². The van der Waals surface area contributed by atoms with Gasteiger partial charge in [-0.15, -0.1) is 0 Å². The fraction of sp³-hybridized carbons (Fsp3) is 0.490. The number of hydrogen-bond acceptors (Lipinski definition) is 9. The second-order valence-electron chi connectivity index (χ2n) is 17.3. The van der Waals surface area contributed by atoms with E-state index in [-0.39, 0.29) is 32.1 Å². The minimum absolute atomic E-state index is 0.0324. The molecule has 1 unspecified atom stereocenters. The highest BCUT2D eigenvalue weighted by Crippen LogP contribution is 2.14. The second-order valence-corrected chi connectivity index (χ2v) is 17.3. The maximum Gasteiger partial charge on any atom is 0.326 e. The fourth-order valence-corrected chi connectivity index (χ4v) is 7.65. The number of aliphatic hydroxyl groups is 1. The minimum Gasteiger partial charge on any atom is -0.480 e. The Morgan fingerprint density at radius 1 is 0.456 bits per heavy atom. The van der Waals surface area contributed by atoms with Crippen LogP contribution in [0, 0.1) is 0 Å². The third kappa shape index (κ3) is 22.7. The molecule has 0 radical (unpaired) electrons. The Labute approximate surface area is 399 Å². The van der Waals surface area contributed by atoms with Gasteiger partial charge >= 0.3 is 5.97 Å². The van der Waals surface area contributed by atoms with Crippen LogP contribution in [-0.2, 0) is 57.6 Å². The Morgan fingerprint density at radius 3 is 1.21 bits per heavy atom. The van der Waals surface area contributed by atoms with Crippen LogP contribution in [0.3, 0.4) is 0 Å². The third-order valence-electron chi connectivity index (χ3n) is 11.5. The molecule has 7 amide bonds.